The largest absolute Gasteiger partial charge is 0.387 e. The minimum Gasteiger partial charge on any atom is -0.387 e. The zero-order chi connectivity index (χ0) is 16.3. The Balaban J connectivity index is 1.77. The number of carbonyl (C=O) groups is 1. The van der Waals surface area contributed by atoms with Gasteiger partial charge in [0.15, 0.2) is 0 Å². The van der Waals surface area contributed by atoms with Crippen LogP contribution in [0.4, 0.5) is 0 Å². The molecule has 1 unspecified atom stereocenters. The van der Waals surface area contributed by atoms with Gasteiger partial charge in [0.25, 0.3) is 5.91 Å². The van der Waals surface area contributed by atoms with Crippen LogP contribution < -0.4 is 5.32 Å². The van der Waals surface area contributed by atoms with Gasteiger partial charge in [0, 0.05) is 24.1 Å². The Hall–Kier alpha value is -1.56. The lowest BCUT2D eigenvalue weighted by molar-refractivity contribution is 0.0612. The molecule has 0 radical (unpaired) electrons. The Kier molecular flexibility index (Phi) is 4.90. The van der Waals surface area contributed by atoms with Gasteiger partial charge in [-0.2, -0.15) is 11.8 Å². The Morgan fingerprint density at radius 3 is 2.96 bits per heavy atom. The fourth-order valence-corrected chi connectivity index (χ4v) is 3.97. The predicted octanol–water partition coefficient (Wildman–Crippen LogP) is 3.00. The number of rotatable bonds is 4. The number of pyridine rings is 1. The third kappa shape index (κ3) is 3.86. The monoisotopic (exact) mass is 348 g/mol. The Morgan fingerprint density at radius 1 is 1.39 bits per heavy atom. The summed E-state index contributed by atoms with van der Waals surface area (Å²) in [4.78, 5) is 16.7. The molecule has 0 spiro atoms. The van der Waals surface area contributed by atoms with E-state index in [1.54, 1.807) is 30.1 Å². The summed E-state index contributed by atoms with van der Waals surface area (Å²) < 4.78 is 0. The Bertz CT molecular complexity index is 703. The molecule has 6 heteroatoms. The average Bonchev–Trinajstić information content (AvgIpc) is 3.01. The van der Waals surface area contributed by atoms with Crippen LogP contribution in [0.1, 0.15) is 16.8 Å². The molecule has 1 aromatic heterocycles. The number of aromatic nitrogens is 1. The molecular weight excluding hydrogens is 332 g/mol. The van der Waals surface area contributed by atoms with Gasteiger partial charge in [-0.3, -0.25) is 9.78 Å². The molecule has 23 heavy (non-hydrogen) atoms. The van der Waals surface area contributed by atoms with E-state index in [1.165, 1.54) is 0 Å². The molecule has 2 N–H and O–H groups in total. The number of hydrogen-bond acceptors (Lipinski definition) is 4. The van der Waals surface area contributed by atoms with Gasteiger partial charge >= 0.3 is 0 Å². The molecule has 1 aromatic carbocycles. The van der Waals surface area contributed by atoms with Crippen molar-refractivity contribution in [3.05, 3.63) is 53.2 Å². The maximum absolute atomic E-state index is 12.4. The molecule has 1 aliphatic heterocycles. The summed E-state index contributed by atoms with van der Waals surface area (Å²) in [5, 5.41) is 13.5. The highest BCUT2D eigenvalue weighted by Gasteiger charge is 2.32. The highest BCUT2D eigenvalue weighted by Crippen LogP contribution is 2.28. The number of amides is 1. The van der Waals surface area contributed by atoms with Crippen molar-refractivity contribution in [2.24, 2.45) is 0 Å². The molecule has 3 rings (SSSR count). The van der Waals surface area contributed by atoms with Gasteiger partial charge in [-0.1, -0.05) is 23.7 Å². The fraction of sp³-hybridized carbons (Fsp3) is 0.294. The summed E-state index contributed by atoms with van der Waals surface area (Å²) in [6, 6.07) is 10.9. The maximum atomic E-state index is 12.4. The van der Waals surface area contributed by atoms with Crippen molar-refractivity contribution in [1.82, 2.24) is 10.3 Å². The van der Waals surface area contributed by atoms with Gasteiger partial charge in [-0.25, -0.2) is 0 Å². The molecule has 1 saturated heterocycles. The molecule has 120 valence electrons. The van der Waals surface area contributed by atoms with Crippen LogP contribution in [0.3, 0.4) is 0 Å². The minimum atomic E-state index is -0.814. The van der Waals surface area contributed by atoms with Gasteiger partial charge in [-0.15, -0.1) is 0 Å². The number of benzene rings is 1. The Morgan fingerprint density at radius 2 is 2.26 bits per heavy atom. The molecule has 1 fully saturated rings. The van der Waals surface area contributed by atoms with E-state index in [4.69, 9.17) is 11.6 Å². The van der Waals surface area contributed by atoms with Crippen molar-refractivity contribution in [2.45, 2.75) is 12.0 Å². The fourth-order valence-electron chi connectivity index (χ4n) is 2.47. The summed E-state index contributed by atoms with van der Waals surface area (Å²) in [5.41, 5.74) is 1.19. The first-order valence-corrected chi connectivity index (χ1v) is 8.90. The average molecular weight is 349 g/mol. The first-order chi connectivity index (χ1) is 11.1. The second-order valence-electron chi connectivity index (χ2n) is 5.62. The highest BCUT2D eigenvalue weighted by atomic mass is 35.5. The first kappa shape index (κ1) is 16.3. The number of nitrogens with one attached hydrogen (secondary N) is 1. The molecule has 0 saturated carbocycles. The van der Waals surface area contributed by atoms with Crippen molar-refractivity contribution < 1.29 is 9.90 Å². The molecule has 0 aliphatic carbocycles. The molecule has 4 nitrogen and oxygen atoms in total. The van der Waals surface area contributed by atoms with Crippen LogP contribution in [0, 0.1) is 0 Å². The summed E-state index contributed by atoms with van der Waals surface area (Å²) in [6.07, 6.45) is 2.40. The number of nitrogens with zero attached hydrogens (tertiary/aromatic N) is 1. The lowest BCUT2D eigenvalue weighted by Gasteiger charge is -2.21. The van der Waals surface area contributed by atoms with Crippen molar-refractivity contribution in [2.75, 3.05) is 18.1 Å². The van der Waals surface area contributed by atoms with Crippen LogP contribution in [-0.2, 0) is 0 Å². The lowest BCUT2D eigenvalue weighted by atomic mass is 10.0. The van der Waals surface area contributed by atoms with Crippen LogP contribution >= 0.6 is 23.4 Å². The summed E-state index contributed by atoms with van der Waals surface area (Å²) >= 11 is 7.86. The van der Waals surface area contributed by atoms with Gasteiger partial charge in [0.2, 0.25) is 0 Å². The van der Waals surface area contributed by atoms with E-state index in [1.807, 2.05) is 24.3 Å². The summed E-state index contributed by atoms with van der Waals surface area (Å²) in [7, 11) is 0. The molecule has 0 bridgehead atoms. The molecule has 1 amide bonds. The normalized spacial score (nSPS) is 20.4. The second-order valence-corrected chi connectivity index (χ2v) is 7.13. The van der Waals surface area contributed by atoms with Crippen LogP contribution in [-0.4, -0.2) is 39.6 Å². The van der Waals surface area contributed by atoms with Gasteiger partial charge in [0.1, 0.15) is 0 Å². The van der Waals surface area contributed by atoms with E-state index in [0.29, 0.717) is 22.8 Å². The van der Waals surface area contributed by atoms with Crippen LogP contribution in [0.5, 0.6) is 0 Å². The van der Waals surface area contributed by atoms with Crippen molar-refractivity contribution in [3.8, 4) is 11.3 Å². The van der Waals surface area contributed by atoms with Gasteiger partial charge in [-0.05, 0) is 36.4 Å². The lowest BCUT2D eigenvalue weighted by Crippen LogP contribution is -2.43. The van der Waals surface area contributed by atoms with E-state index in [2.05, 4.69) is 10.3 Å². The number of thioether (sulfide) groups is 1. The third-order valence-corrected chi connectivity index (χ3v) is 5.40. The molecule has 2 heterocycles. The van der Waals surface area contributed by atoms with E-state index in [9.17, 15) is 9.90 Å². The van der Waals surface area contributed by atoms with Crippen LogP contribution in [0.2, 0.25) is 5.02 Å². The van der Waals surface area contributed by atoms with E-state index in [0.717, 1.165) is 17.0 Å². The number of hydrogen-bond donors (Lipinski definition) is 2. The van der Waals surface area contributed by atoms with E-state index < -0.39 is 5.60 Å². The molecule has 1 aliphatic rings. The van der Waals surface area contributed by atoms with Crippen LogP contribution in [0.25, 0.3) is 11.3 Å². The Labute approximate surface area is 144 Å². The predicted molar refractivity (Wildman–Crippen MR) is 93.9 cm³/mol. The molecular formula is C17H17ClN2O2S. The minimum absolute atomic E-state index is 0.239. The topological polar surface area (TPSA) is 62.2 Å². The molecule has 2 aromatic rings. The number of aliphatic hydroxyl groups is 1. The quantitative estimate of drug-likeness (QED) is 0.891. The van der Waals surface area contributed by atoms with Gasteiger partial charge in [0.05, 0.1) is 21.9 Å². The van der Waals surface area contributed by atoms with Gasteiger partial charge < -0.3 is 10.4 Å². The smallest absolute Gasteiger partial charge is 0.252 e. The summed E-state index contributed by atoms with van der Waals surface area (Å²) in [5.74, 6) is 1.29. The van der Waals surface area contributed by atoms with Crippen LogP contribution in [0.15, 0.2) is 42.6 Å². The SMILES string of the molecule is O=C(NCC1(O)CCSC1)c1cc(-c2ccccn2)ccc1Cl. The second kappa shape index (κ2) is 6.91. The standard InChI is InChI=1S/C17H17ClN2O2S/c18-14-5-4-12(15-3-1-2-7-19-15)9-13(14)16(21)20-10-17(22)6-8-23-11-17/h1-5,7,9,22H,6,8,10-11H2,(H,20,21). The summed E-state index contributed by atoms with van der Waals surface area (Å²) in [6.45, 7) is 0.239. The first-order valence-electron chi connectivity index (χ1n) is 7.37. The number of carbonyl (C=O) groups excluding carboxylic acids is 1. The van der Waals surface area contributed by atoms with Crippen molar-refractivity contribution in [1.29, 1.82) is 0 Å². The highest BCUT2D eigenvalue weighted by molar-refractivity contribution is 7.99. The zero-order valence-electron chi connectivity index (χ0n) is 12.5. The van der Waals surface area contributed by atoms with E-state index in [-0.39, 0.29) is 12.5 Å². The maximum Gasteiger partial charge on any atom is 0.252 e. The zero-order valence-corrected chi connectivity index (χ0v) is 14.0. The molecule has 1 atom stereocenters. The van der Waals surface area contributed by atoms with Crippen molar-refractivity contribution in [3.63, 3.8) is 0 Å². The van der Waals surface area contributed by atoms with Crippen molar-refractivity contribution >= 4 is 29.3 Å². The number of halogens is 1. The third-order valence-electron chi connectivity index (χ3n) is 3.83. The van der Waals surface area contributed by atoms with E-state index >= 15 is 0 Å².